The highest BCUT2D eigenvalue weighted by molar-refractivity contribution is 5.91. The molecule has 0 atom stereocenters. The predicted molar refractivity (Wildman–Crippen MR) is 60.8 cm³/mol. The van der Waals surface area contributed by atoms with Crippen molar-refractivity contribution in [2.24, 2.45) is 0 Å². The van der Waals surface area contributed by atoms with Crippen molar-refractivity contribution in [3.63, 3.8) is 0 Å². The van der Waals surface area contributed by atoms with Gasteiger partial charge in [0.1, 0.15) is 6.61 Å². The van der Waals surface area contributed by atoms with Crippen LogP contribution in [0, 0.1) is 0 Å². The van der Waals surface area contributed by atoms with Crippen molar-refractivity contribution in [3.8, 4) is 0 Å². The van der Waals surface area contributed by atoms with Crippen LogP contribution in [0.25, 0.3) is 0 Å². The van der Waals surface area contributed by atoms with Gasteiger partial charge in [-0.05, 0) is 0 Å². The molecule has 0 aromatic carbocycles. The molecule has 0 unspecified atom stereocenters. The first-order valence-corrected chi connectivity index (χ1v) is 5.40. The first-order chi connectivity index (χ1) is 8.70. The Labute approximate surface area is 105 Å². The van der Waals surface area contributed by atoms with E-state index in [4.69, 9.17) is 19.3 Å². The molecular weight excluding hydrogens is 244 g/mol. The van der Waals surface area contributed by atoms with E-state index >= 15 is 0 Å². The van der Waals surface area contributed by atoms with E-state index in [2.05, 4.69) is 4.74 Å². The zero-order chi connectivity index (χ0) is 13.6. The normalized spacial score (nSPS) is 10.6. The van der Waals surface area contributed by atoms with Crippen LogP contribution in [0.4, 0.5) is 0 Å². The Bertz CT molecular complexity index is 262. The van der Waals surface area contributed by atoms with Gasteiger partial charge in [0.15, 0.2) is 0 Å². The number of methoxy groups -OCH3 is 1. The van der Waals surface area contributed by atoms with Gasteiger partial charge in [0.05, 0.1) is 40.1 Å². The van der Waals surface area contributed by atoms with Crippen LogP contribution >= 0.6 is 0 Å². The molecule has 104 valence electrons. The Kier molecular flexibility index (Phi) is 11.1. The molecule has 0 heterocycles. The lowest BCUT2D eigenvalue weighted by Gasteiger charge is -2.04. The van der Waals surface area contributed by atoms with E-state index in [0.29, 0.717) is 13.2 Å². The second-order valence-corrected chi connectivity index (χ2v) is 2.97. The summed E-state index contributed by atoms with van der Waals surface area (Å²) < 4.78 is 19.0. The van der Waals surface area contributed by atoms with E-state index < -0.39 is 11.9 Å². The molecule has 0 bridgehead atoms. The van der Waals surface area contributed by atoms with Gasteiger partial charge in [0.25, 0.3) is 0 Å². The monoisotopic (exact) mass is 262 g/mol. The average Bonchev–Trinajstić information content (AvgIpc) is 2.39. The van der Waals surface area contributed by atoms with E-state index in [1.54, 1.807) is 0 Å². The van der Waals surface area contributed by atoms with E-state index in [1.165, 1.54) is 7.11 Å². The molecule has 0 saturated carbocycles. The van der Waals surface area contributed by atoms with Gasteiger partial charge in [-0.1, -0.05) is 0 Å². The quantitative estimate of drug-likeness (QED) is 0.316. The van der Waals surface area contributed by atoms with Crippen LogP contribution in [0.2, 0.25) is 0 Å². The maximum absolute atomic E-state index is 11.0. The summed E-state index contributed by atoms with van der Waals surface area (Å²) in [6, 6.07) is 0. The minimum absolute atomic E-state index is 0.0237. The van der Waals surface area contributed by atoms with Crippen molar-refractivity contribution in [3.05, 3.63) is 12.2 Å². The predicted octanol–water partition coefficient (Wildman–Crippen LogP) is -0.716. The Morgan fingerprint density at radius 3 is 2.11 bits per heavy atom. The van der Waals surface area contributed by atoms with E-state index in [1.807, 2.05) is 0 Å². The van der Waals surface area contributed by atoms with Crippen molar-refractivity contribution in [1.29, 1.82) is 0 Å². The van der Waals surface area contributed by atoms with E-state index in [9.17, 15) is 9.59 Å². The average molecular weight is 262 g/mol. The number of ether oxygens (including phenoxy) is 4. The van der Waals surface area contributed by atoms with Gasteiger partial charge in [-0.2, -0.15) is 0 Å². The third-order valence-corrected chi connectivity index (χ3v) is 1.64. The lowest BCUT2D eigenvalue weighted by atomic mass is 10.5. The number of aliphatic hydroxyl groups is 1. The molecule has 0 amide bonds. The van der Waals surface area contributed by atoms with Gasteiger partial charge in [0, 0.05) is 12.2 Å². The number of aliphatic hydroxyl groups excluding tert-OH is 1. The molecule has 7 heteroatoms. The van der Waals surface area contributed by atoms with Crippen LogP contribution in [0.5, 0.6) is 0 Å². The molecule has 0 aliphatic heterocycles. The first kappa shape index (κ1) is 16.6. The first-order valence-electron chi connectivity index (χ1n) is 5.40. The Morgan fingerprint density at radius 1 is 0.944 bits per heavy atom. The molecule has 0 radical (unpaired) electrons. The molecule has 0 aromatic rings. The summed E-state index contributed by atoms with van der Waals surface area (Å²) in [5.41, 5.74) is 0. The Morgan fingerprint density at radius 2 is 1.50 bits per heavy atom. The number of rotatable bonds is 10. The molecule has 18 heavy (non-hydrogen) atoms. The smallest absolute Gasteiger partial charge is 0.331 e. The Balaban J connectivity index is 3.35. The largest absolute Gasteiger partial charge is 0.466 e. The zero-order valence-corrected chi connectivity index (χ0v) is 10.3. The van der Waals surface area contributed by atoms with E-state index in [-0.39, 0.29) is 26.4 Å². The van der Waals surface area contributed by atoms with Gasteiger partial charge in [-0.15, -0.1) is 0 Å². The van der Waals surface area contributed by atoms with E-state index in [0.717, 1.165) is 12.2 Å². The maximum atomic E-state index is 11.0. The minimum Gasteiger partial charge on any atom is -0.466 e. The summed E-state index contributed by atoms with van der Waals surface area (Å²) in [5, 5.41) is 8.41. The van der Waals surface area contributed by atoms with Crippen molar-refractivity contribution >= 4 is 11.9 Å². The van der Waals surface area contributed by atoms with Crippen LogP contribution < -0.4 is 0 Å². The minimum atomic E-state index is -0.638. The number of hydrogen-bond acceptors (Lipinski definition) is 7. The topological polar surface area (TPSA) is 91.3 Å². The zero-order valence-electron chi connectivity index (χ0n) is 10.3. The van der Waals surface area contributed by atoms with Gasteiger partial charge in [-0.3, -0.25) is 0 Å². The fourth-order valence-electron chi connectivity index (χ4n) is 0.840. The maximum Gasteiger partial charge on any atom is 0.331 e. The lowest BCUT2D eigenvalue weighted by Crippen LogP contribution is -2.12. The Hall–Kier alpha value is -1.44. The SMILES string of the molecule is COC(=O)C=CC(=O)OCCOCCOCCO. The van der Waals surface area contributed by atoms with Crippen LogP contribution in [-0.4, -0.2) is 63.8 Å². The lowest BCUT2D eigenvalue weighted by molar-refractivity contribution is -0.140. The standard InChI is InChI=1S/C11H18O7/c1-15-10(13)2-3-11(14)18-9-8-17-7-6-16-5-4-12/h2-3,12H,4-9H2,1H3. The van der Waals surface area contributed by atoms with Crippen LogP contribution in [-0.2, 0) is 28.5 Å². The second kappa shape index (κ2) is 12.0. The number of hydrogen-bond donors (Lipinski definition) is 1. The fourth-order valence-corrected chi connectivity index (χ4v) is 0.840. The highest BCUT2D eigenvalue weighted by atomic mass is 16.6. The van der Waals surface area contributed by atoms with Crippen molar-refractivity contribution in [2.45, 2.75) is 0 Å². The summed E-state index contributed by atoms with van der Waals surface area (Å²) in [6.07, 6.45) is 1.96. The highest BCUT2D eigenvalue weighted by Crippen LogP contribution is 1.85. The molecule has 0 saturated heterocycles. The second-order valence-electron chi connectivity index (χ2n) is 2.97. The third kappa shape index (κ3) is 11.1. The third-order valence-electron chi connectivity index (χ3n) is 1.64. The van der Waals surface area contributed by atoms with Gasteiger partial charge >= 0.3 is 11.9 Å². The molecule has 0 fully saturated rings. The summed E-state index contributed by atoms with van der Waals surface area (Å²) in [6.45, 7) is 1.30. The fraction of sp³-hybridized carbons (Fsp3) is 0.636. The molecule has 0 aliphatic carbocycles. The molecule has 0 aliphatic rings. The van der Waals surface area contributed by atoms with Crippen molar-refractivity contribution < 1.29 is 33.6 Å². The van der Waals surface area contributed by atoms with Gasteiger partial charge < -0.3 is 24.1 Å². The molecular formula is C11H18O7. The highest BCUT2D eigenvalue weighted by Gasteiger charge is 1.99. The van der Waals surface area contributed by atoms with Gasteiger partial charge in [-0.25, -0.2) is 9.59 Å². The van der Waals surface area contributed by atoms with Crippen molar-refractivity contribution in [2.75, 3.05) is 46.8 Å². The number of esters is 2. The molecule has 0 rings (SSSR count). The van der Waals surface area contributed by atoms with Crippen molar-refractivity contribution in [1.82, 2.24) is 0 Å². The molecule has 1 N–H and O–H groups in total. The summed E-state index contributed by atoms with van der Waals surface area (Å²) in [7, 11) is 1.21. The summed E-state index contributed by atoms with van der Waals surface area (Å²) in [5.74, 6) is -1.26. The van der Waals surface area contributed by atoms with Crippen LogP contribution in [0.3, 0.4) is 0 Å². The molecule has 0 aromatic heterocycles. The van der Waals surface area contributed by atoms with Crippen LogP contribution in [0.1, 0.15) is 0 Å². The number of carbonyl (C=O) groups is 2. The summed E-state index contributed by atoms with van der Waals surface area (Å²) >= 11 is 0. The summed E-state index contributed by atoms with van der Waals surface area (Å²) in [4.78, 5) is 21.7. The number of carbonyl (C=O) groups excluding carboxylic acids is 2. The molecule has 7 nitrogen and oxygen atoms in total. The molecule has 0 spiro atoms. The van der Waals surface area contributed by atoms with Crippen LogP contribution in [0.15, 0.2) is 12.2 Å². The van der Waals surface area contributed by atoms with Gasteiger partial charge in [0.2, 0.25) is 0 Å².